The van der Waals surface area contributed by atoms with Gasteiger partial charge in [-0.2, -0.15) is 4.57 Å². The normalized spacial score (nSPS) is 10.5. The minimum atomic E-state index is -0.114. The minimum Gasteiger partial charge on any atom is -0.388 e. The number of hydrogen-bond donors (Lipinski definition) is 2. The minimum absolute atomic E-state index is 0.0793. The second-order valence-corrected chi connectivity index (χ2v) is 2.89. The van der Waals surface area contributed by atoms with Crippen molar-refractivity contribution < 1.29 is 19.2 Å². The van der Waals surface area contributed by atoms with Gasteiger partial charge in [-0.25, -0.2) is 4.98 Å². The van der Waals surface area contributed by atoms with Crippen LogP contribution in [0.5, 0.6) is 0 Å². The fraction of sp³-hybridized carbons (Fsp3) is 0.556. The first-order valence-electron chi connectivity index (χ1n) is 4.50. The molecule has 14 heavy (non-hydrogen) atoms. The van der Waals surface area contributed by atoms with Gasteiger partial charge in [-0.15, -0.1) is 0 Å². The van der Waals surface area contributed by atoms with Crippen molar-refractivity contribution in [1.82, 2.24) is 4.98 Å². The predicted octanol–water partition coefficient (Wildman–Crippen LogP) is -0.00890. The molecule has 0 unspecified atom stereocenters. The number of aromatic amines is 1. The highest BCUT2D eigenvalue weighted by Gasteiger charge is 2.20. The van der Waals surface area contributed by atoms with Crippen molar-refractivity contribution in [1.29, 1.82) is 0 Å². The molecule has 1 rings (SSSR count). The molecule has 0 atom stereocenters. The predicted molar refractivity (Wildman–Crippen MR) is 48.5 cm³/mol. The van der Waals surface area contributed by atoms with Crippen LogP contribution in [0, 0.1) is 0 Å². The highest BCUT2D eigenvalue weighted by molar-refractivity contribution is 5.88. The van der Waals surface area contributed by atoms with Gasteiger partial charge in [-0.1, -0.05) is 0 Å². The number of rotatable bonds is 5. The Morgan fingerprint density at radius 3 is 2.93 bits per heavy atom. The van der Waals surface area contributed by atoms with Gasteiger partial charge in [-0.3, -0.25) is 4.79 Å². The molecule has 1 heterocycles. The van der Waals surface area contributed by atoms with Crippen LogP contribution in [0.25, 0.3) is 0 Å². The number of carbonyl (C=O) groups is 1. The number of hydrogen-bond acceptors (Lipinski definition) is 3. The molecule has 0 aliphatic heterocycles. The second-order valence-electron chi connectivity index (χ2n) is 2.89. The standard InChI is InChI=1S/C9H14N2O3/c1-3-14-6-11-8(5-12)4-10-9(11)7(2)13/h4,12H,3,5-6H2,1-2H3/p+1. The smallest absolute Gasteiger partial charge is 0.325 e. The van der Waals surface area contributed by atoms with E-state index in [4.69, 9.17) is 9.84 Å². The van der Waals surface area contributed by atoms with Crippen molar-refractivity contribution in [3.63, 3.8) is 0 Å². The van der Waals surface area contributed by atoms with E-state index in [2.05, 4.69) is 4.98 Å². The average Bonchev–Trinajstić information content (AvgIpc) is 2.57. The van der Waals surface area contributed by atoms with Crippen LogP contribution in [0.4, 0.5) is 0 Å². The van der Waals surface area contributed by atoms with E-state index in [1.165, 1.54) is 6.92 Å². The lowest BCUT2D eigenvalue weighted by molar-refractivity contribution is -0.740. The number of imidazole rings is 1. The topological polar surface area (TPSA) is 66.2 Å². The Balaban J connectivity index is 2.93. The number of nitrogens with one attached hydrogen (secondary N) is 1. The number of Topliss-reactive ketones (excluding diaryl/α,β-unsaturated/α-hetero) is 1. The highest BCUT2D eigenvalue weighted by Crippen LogP contribution is 1.96. The monoisotopic (exact) mass is 199 g/mol. The molecule has 0 radical (unpaired) electrons. The molecule has 1 aromatic heterocycles. The first-order valence-corrected chi connectivity index (χ1v) is 4.50. The summed E-state index contributed by atoms with van der Waals surface area (Å²) in [4.78, 5) is 14.0. The molecule has 0 saturated carbocycles. The van der Waals surface area contributed by atoms with Crippen LogP contribution in [0.2, 0.25) is 0 Å². The van der Waals surface area contributed by atoms with Gasteiger partial charge in [0.15, 0.2) is 12.4 Å². The van der Waals surface area contributed by atoms with Crippen molar-refractivity contribution >= 4 is 5.78 Å². The number of aliphatic hydroxyl groups is 1. The molecular formula is C9H15N2O3+. The Morgan fingerprint density at radius 1 is 1.71 bits per heavy atom. The van der Waals surface area contributed by atoms with Crippen LogP contribution < -0.4 is 4.57 Å². The van der Waals surface area contributed by atoms with Crippen molar-refractivity contribution in [2.24, 2.45) is 0 Å². The molecule has 5 nitrogen and oxygen atoms in total. The lowest BCUT2D eigenvalue weighted by Crippen LogP contribution is -2.42. The molecule has 0 spiro atoms. The SMILES string of the molecule is CCOC[n+]1c(CO)c[nH]c1C(C)=O. The van der Waals surface area contributed by atoms with E-state index in [9.17, 15) is 4.79 Å². The Labute approximate surface area is 82.3 Å². The summed E-state index contributed by atoms with van der Waals surface area (Å²) in [7, 11) is 0. The van der Waals surface area contributed by atoms with E-state index in [-0.39, 0.29) is 19.1 Å². The van der Waals surface area contributed by atoms with E-state index in [1.807, 2.05) is 6.92 Å². The summed E-state index contributed by atoms with van der Waals surface area (Å²) >= 11 is 0. The Morgan fingerprint density at radius 2 is 2.43 bits per heavy atom. The molecule has 2 N–H and O–H groups in total. The number of nitrogens with zero attached hydrogens (tertiary/aromatic N) is 1. The maximum atomic E-state index is 11.2. The summed E-state index contributed by atoms with van der Waals surface area (Å²) in [6.07, 6.45) is 1.61. The van der Waals surface area contributed by atoms with Crippen LogP contribution in [-0.2, 0) is 18.1 Å². The molecule has 0 fully saturated rings. The molecule has 1 aromatic rings. The molecule has 0 aliphatic rings. The van der Waals surface area contributed by atoms with Gasteiger partial charge in [0.05, 0.1) is 0 Å². The number of aliphatic hydroxyl groups excluding tert-OH is 1. The molecule has 5 heteroatoms. The van der Waals surface area contributed by atoms with E-state index in [0.29, 0.717) is 18.1 Å². The number of H-pyrrole nitrogens is 1. The van der Waals surface area contributed by atoms with Gasteiger partial charge in [0.2, 0.25) is 5.78 Å². The van der Waals surface area contributed by atoms with Crippen LogP contribution >= 0.6 is 0 Å². The summed E-state index contributed by atoms with van der Waals surface area (Å²) < 4.78 is 6.82. The van der Waals surface area contributed by atoms with Crippen molar-refractivity contribution in [2.75, 3.05) is 6.61 Å². The van der Waals surface area contributed by atoms with Crippen molar-refractivity contribution in [3.05, 3.63) is 17.7 Å². The van der Waals surface area contributed by atoms with Crippen LogP contribution in [0.3, 0.4) is 0 Å². The third-order valence-corrected chi connectivity index (χ3v) is 1.91. The quantitative estimate of drug-likeness (QED) is 0.518. The molecule has 78 valence electrons. The lowest BCUT2D eigenvalue weighted by Gasteiger charge is -2.01. The zero-order valence-electron chi connectivity index (χ0n) is 8.41. The summed E-state index contributed by atoms with van der Waals surface area (Å²) in [6, 6.07) is 0. The van der Waals surface area contributed by atoms with Gasteiger partial charge in [0.25, 0.3) is 0 Å². The molecule has 0 amide bonds. The van der Waals surface area contributed by atoms with E-state index in [1.54, 1.807) is 10.8 Å². The van der Waals surface area contributed by atoms with E-state index < -0.39 is 0 Å². The number of ether oxygens (including phenoxy) is 1. The van der Waals surface area contributed by atoms with Crippen LogP contribution in [0.15, 0.2) is 6.20 Å². The van der Waals surface area contributed by atoms with Gasteiger partial charge >= 0.3 is 5.82 Å². The average molecular weight is 199 g/mol. The fourth-order valence-corrected chi connectivity index (χ4v) is 1.20. The largest absolute Gasteiger partial charge is 0.388 e. The summed E-state index contributed by atoms with van der Waals surface area (Å²) in [5.41, 5.74) is 0.642. The molecule has 0 aliphatic carbocycles. The fourth-order valence-electron chi connectivity index (χ4n) is 1.20. The van der Waals surface area contributed by atoms with Crippen molar-refractivity contribution in [3.8, 4) is 0 Å². The van der Waals surface area contributed by atoms with Gasteiger partial charge in [0, 0.05) is 13.5 Å². The number of aromatic nitrogens is 2. The zero-order valence-corrected chi connectivity index (χ0v) is 8.41. The first-order chi connectivity index (χ1) is 6.70. The third-order valence-electron chi connectivity index (χ3n) is 1.91. The first kappa shape index (κ1) is 10.9. The summed E-state index contributed by atoms with van der Waals surface area (Å²) in [5, 5.41) is 9.01. The van der Waals surface area contributed by atoms with E-state index in [0.717, 1.165) is 0 Å². The number of carbonyl (C=O) groups excluding carboxylic acids is 1. The Kier molecular flexibility index (Phi) is 3.79. The van der Waals surface area contributed by atoms with Crippen LogP contribution in [0.1, 0.15) is 30.2 Å². The molecule has 0 aromatic carbocycles. The molecular weight excluding hydrogens is 184 g/mol. The van der Waals surface area contributed by atoms with Gasteiger partial charge in [0.1, 0.15) is 12.8 Å². The van der Waals surface area contributed by atoms with Gasteiger partial charge < -0.3 is 9.84 Å². The Bertz CT molecular complexity index is 320. The zero-order chi connectivity index (χ0) is 10.6. The summed E-state index contributed by atoms with van der Waals surface area (Å²) in [6.45, 7) is 4.08. The summed E-state index contributed by atoms with van der Waals surface area (Å²) in [5.74, 6) is 0.368. The van der Waals surface area contributed by atoms with E-state index >= 15 is 0 Å². The maximum Gasteiger partial charge on any atom is 0.325 e. The molecule has 0 saturated heterocycles. The van der Waals surface area contributed by atoms with Gasteiger partial charge in [-0.05, 0) is 6.92 Å². The molecule has 0 bridgehead atoms. The second kappa shape index (κ2) is 4.88. The maximum absolute atomic E-state index is 11.2. The van der Waals surface area contributed by atoms with Crippen LogP contribution in [-0.4, -0.2) is 22.5 Å². The lowest BCUT2D eigenvalue weighted by atomic mass is 10.4. The van der Waals surface area contributed by atoms with Crippen molar-refractivity contribution in [2.45, 2.75) is 27.2 Å². The highest BCUT2D eigenvalue weighted by atomic mass is 16.5. The third kappa shape index (κ3) is 2.18. The number of ketones is 1. The Hall–Kier alpha value is -1.20.